The van der Waals surface area contributed by atoms with Gasteiger partial charge in [-0.15, -0.1) is 0 Å². The SMILES string of the molecule is CC(C)N1C(=O)N(CC(F)(F)F)C(=O)C12CC1CCC(C2)N1C[C@H]1CN(C(=O)CC(C)(C)C)C[C@@H]1c1ccccc1. The number of fused-ring (bicyclic) bond motifs is 2. The Morgan fingerprint density at radius 3 is 2.15 bits per heavy atom. The van der Waals surface area contributed by atoms with E-state index in [0.29, 0.717) is 37.3 Å². The van der Waals surface area contributed by atoms with Crippen molar-refractivity contribution in [2.45, 2.75) is 102 Å². The van der Waals surface area contributed by atoms with Crippen molar-refractivity contribution in [2.24, 2.45) is 11.3 Å². The van der Waals surface area contributed by atoms with Crippen LogP contribution in [0.3, 0.4) is 0 Å². The molecule has 226 valence electrons. The van der Waals surface area contributed by atoms with Gasteiger partial charge in [-0.3, -0.25) is 19.4 Å². The average Bonchev–Trinajstić information content (AvgIpc) is 3.44. The zero-order valence-electron chi connectivity index (χ0n) is 24.8. The lowest BCUT2D eigenvalue weighted by Gasteiger charge is -2.48. The fourth-order valence-corrected chi connectivity index (χ4v) is 7.95. The molecule has 0 aromatic heterocycles. The summed E-state index contributed by atoms with van der Waals surface area (Å²) >= 11 is 0. The molecule has 41 heavy (non-hydrogen) atoms. The number of alkyl halides is 3. The number of hydrogen-bond acceptors (Lipinski definition) is 4. The summed E-state index contributed by atoms with van der Waals surface area (Å²) in [5, 5.41) is 0. The Morgan fingerprint density at radius 2 is 1.61 bits per heavy atom. The van der Waals surface area contributed by atoms with Crippen LogP contribution in [0.5, 0.6) is 0 Å². The number of piperidine rings is 1. The summed E-state index contributed by atoms with van der Waals surface area (Å²) in [6.07, 6.45) is -1.80. The third-order valence-electron chi connectivity index (χ3n) is 9.46. The number of carbonyl (C=O) groups is 3. The minimum Gasteiger partial charge on any atom is -0.342 e. The molecule has 2 bridgehead atoms. The van der Waals surface area contributed by atoms with Gasteiger partial charge in [-0.2, -0.15) is 13.2 Å². The molecule has 4 fully saturated rings. The van der Waals surface area contributed by atoms with Gasteiger partial charge in [-0.25, -0.2) is 4.79 Å². The van der Waals surface area contributed by atoms with Gasteiger partial charge in [0.2, 0.25) is 5.91 Å². The molecule has 0 N–H and O–H groups in total. The van der Waals surface area contributed by atoms with E-state index in [4.69, 9.17) is 0 Å². The maximum Gasteiger partial charge on any atom is 0.406 e. The molecule has 0 radical (unpaired) electrons. The van der Waals surface area contributed by atoms with Crippen molar-refractivity contribution >= 4 is 17.8 Å². The van der Waals surface area contributed by atoms with Crippen molar-refractivity contribution in [1.82, 2.24) is 19.6 Å². The molecule has 4 aliphatic rings. The number of imide groups is 1. The summed E-state index contributed by atoms with van der Waals surface area (Å²) in [4.78, 5) is 46.3. The van der Waals surface area contributed by atoms with Crippen molar-refractivity contribution in [3.8, 4) is 0 Å². The van der Waals surface area contributed by atoms with E-state index in [0.717, 1.165) is 19.4 Å². The van der Waals surface area contributed by atoms with E-state index >= 15 is 0 Å². The highest BCUT2D eigenvalue weighted by Gasteiger charge is 2.64. The lowest BCUT2D eigenvalue weighted by molar-refractivity contribution is -0.157. The van der Waals surface area contributed by atoms with Gasteiger partial charge in [0.1, 0.15) is 12.1 Å². The van der Waals surface area contributed by atoms with Crippen LogP contribution in [-0.4, -0.2) is 93.5 Å². The van der Waals surface area contributed by atoms with E-state index in [9.17, 15) is 27.6 Å². The van der Waals surface area contributed by atoms with Crippen LogP contribution >= 0.6 is 0 Å². The molecule has 0 aliphatic carbocycles. The first kappa shape index (κ1) is 29.9. The molecule has 4 saturated heterocycles. The molecule has 4 aliphatic heterocycles. The quantitative estimate of drug-likeness (QED) is 0.433. The maximum atomic E-state index is 13.6. The topological polar surface area (TPSA) is 64.2 Å². The van der Waals surface area contributed by atoms with E-state index in [1.54, 1.807) is 13.8 Å². The lowest BCUT2D eigenvalue weighted by atomic mass is 9.79. The number of amides is 4. The van der Waals surface area contributed by atoms with Crippen molar-refractivity contribution in [2.75, 3.05) is 26.2 Å². The minimum atomic E-state index is -4.65. The number of nitrogens with zero attached hydrogens (tertiary/aromatic N) is 4. The second-order valence-electron chi connectivity index (χ2n) is 14.1. The molecule has 5 rings (SSSR count). The highest BCUT2D eigenvalue weighted by Crippen LogP contribution is 2.49. The van der Waals surface area contributed by atoms with Crippen molar-refractivity contribution in [3.63, 3.8) is 0 Å². The second kappa shape index (κ2) is 10.6. The summed E-state index contributed by atoms with van der Waals surface area (Å²) < 4.78 is 40.0. The summed E-state index contributed by atoms with van der Waals surface area (Å²) in [5.74, 6) is -0.164. The van der Waals surface area contributed by atoms with Gasteiger partial charge in [-0.05, 0) is 56.4 Å². The minimum absolute atomic E-state index is 0.00617. The van der Waals surface area contributed by atoms with Gasteiger partial charge in [0.15, 0.2) is 0 Å². The molecule has 4 heterocycles. The van der Waals surface area contributed by atoms with E-state index in [1.807, 2.05) is 23.1 Å². The summed E-state index contributed by atoms with van der Waals surface area (Å²) in [6.45, 7) is 10.3. The van der Waals surface area contributed by atoms with E-state index in [-0.39, 0.29) is 35.2 Å². The summed E-state index contributed by atoms with van der Waals surface area (Å²) in [5.41, 5.74) is -0.137. The van der Waals surface area contributed by atoms with Crippen LogP contribution in [0.1, 0.15) is 78.2 Å². The lowest BCUT2D eigenvalue weighted by Crippen LogP contribution is -2.62. The maximum absolute atomic E-state index is 13.6. The third kappa shape index (κ3) is 5.73. The largest absolute Gasteiger partial charge is 0.406 e. The molecule has 1 aromatic carbocycles. The molecule has 4 amide bonds. The van der Waals surface area contributed by atoms with Crippen molar-refractivity contribution in [1.29, 1.82) is 0 Å². The van der Waals surface area contributed by atoms with Gasteiger partial charge in [0, 0.05) is 50.1 Å². The Morgan fingerprint density at radius 1 is 1.00 bits per heavy atom. The molecular weight excluding hydrogens is 533 g/mol. The molecule has 0 saturated carbocycles. The summed E-state index contributed by atoms with van der Waals surface area (Å²) in [6, 6.07) is 9.04. The molecule has 1 spiro atoms. The van der Waals surface area contributed by atoms with Crippen LogP contribution < -0.4 is 0 Å². The second-order valence-corrected chi connectivity index (χ2v) is 14.1. The normalized spacial score (nSPS) is 30.9. The van der Waals surface area contributed by atoms with Gasteiger partial charge in [0.05, 0.1) is 0 Å². The number of benzene rings is 1. The monoisotopic (exact) mass is 576 g/mol. The van der Waals surface area contributed by atoms with Gasteiger partial charge in [0.25, 0.3) is 5.91 Å². The van der Waals surface area contributed by atoms with E-state index in [1.165, 1.54) is 10.5 Å². The zero-order valence-corrected chi connectivity index (χ0v) is 24.8. The number of rotatable bonds is 6. The Hall–Kier alpha value is -2.62. The van der Waals surface area contributed by atoms with E-state index < -0.39 is 36.2 Å². The Labute approximate surface area is 241 Å². The smallest absolute Gasteiger partial charge is 0.342 e. The molecule has 2 unspecified atom stereocenters. The first-order valence-corrected chi connectivity index (χ1v) is 14.9. The number of carbonyl (C=O) groups excluding carboxylic acids is 3. The fourth-order valence-electron chi connectivity index (χ4n) is 7.95. The molecule has 10 heteroatoms. The van der Waals surface area contributed by atoms with Crippen molar-refractivity contribution in [3.05, 3.63) is 35.9 Å². The first-order valence-electron chi connectivity index (χ1n) is 14.9. The van der Waals surface area contributed by atoms with E-state index in [2.05, 4.69) is 37.8 Å². The Kier molecular flexibility index (Phi) is 7.71. The zero-order chi connectivity index (χ0) is 29.9. The standard InChI is InChI=1S/C31H43F3N4O3/c1-20(2)38-28(41)37(19-31(32,33)34)27(40)30(38)13-23-11-12-24(14-30)36(23)17-22-16-35(26(39)15-29(3,4)5)18-25(22)21-9-7-6-8-10-21/h6-10,20,22-25H,11-19H2,1-5H3/t22-,23?,24?,25-,30?/m1/s1. The highest BCUT2D eigenvalue weighted by atomic mass is 19.4. The van der Waals surface area contributed by atoms with Crippen LogP contribution in [0.15, 0.2) is 30.3 Å². The number of halogens is 3. The highest BCUT2D eigenvalue weighted by molar-refractivity contribution is 6.07. The van der Waals surface area contributed by atoms with Crippen LogP contribution in [-0.2, 0) is 9.59 Å². The van der Waals surface area contributed by atoms with Crippen LogP contribution in [0, 0.1) is 11.3 Å². The fraction of sp³-hybridized carbons (Fsp3) is 0.710. The Bertz CT molecular complexity index is 1150. The molecule has 7 nitrogen and oxygen atoms in total. The molecule has 4 atom stereocenters. The Balaban J connectivity index is 1.38. The number of hydrogen-bond donors (Lipinski definition) is 0. The summed E-state index contributed by atoms with van der Waals surface area (Å²) in [7, 11) is 0. The molecular formula is C31H43F3N4O3. The van der Waals surface area contributed by atoms with Crippen molar-refractivity contribution < 1.29 is 27.6 Å². The predicted octanol–water partition coefficient (Wildman–Crippen LogP) is 5.27. The van der Waals surface area contributed by atoms with Gasteiger partial charge < -0.3 is 9.80 Å². The van der Waals surface area contributed by atoms with Gasteiger partial charge >= 0.3 is 12.2 Å². The van der Waals surface area contributed by atoms with Gasteiger partial charge in [-0.1, -0.05) is 51.1 Å². The number of urea groups is 1. The third-order valence-corrected chi connectivity index (χ3v) is 9.46. The predicted molar refractivity (Wildman–Crippen MR) is 149 cm³/mol. The average molecular weight is 577 g/mol. The van der Waals surface area contributed by atoms with Crippen LogP contribution in [0.25, 0.3) is 0 Å². The number of likely N-dealkylation sites (tertiary alicyclic amines) is 1. The molecule has 1 aromatic rings. The first-order chi connectivity index (χ1) is 19.1. The van der Waals surface area contributed by atoms with Crippen LogP contribution in [0.4, 0.5) is 18.0 Å². The van der Waals surface area contributed by atoms with Crippen LogP contribution in [0.2, 0.25) is 0 Å².